The minimum absolute atomic E-state index is 0.0647. The number of ketones is 1. The van der Waals surface area contributed by atoms with Crippen molar-refractivity contribution >= 4 is 11.9 Å². The van der Waals surface area contributed by atoms with Crippen LogP contribution in [0.25, 0.3) is 6.08 Å². The van der Waals surface area contributed by atoms with Crippen LogP contribution >= 0.6 is 0 Å². The molecule has 4 rings (SSSR count). The Morgan fingerprint density at radius 1 is 1.10 bits per heavy atom. The Bertz CT molecular complexity index is 1540. The number of ether oxygens (including phenoxy) is 2. The molecule has 42 heavy (non-hydrogen) atoms. The number of nitrogens with two attached hydrogens (primary N) is 2. The zero-order chi connectivity index (χ0) is 30.1. The minimum Gasteiger partial charge on any atom is -0.497 e. The Labute approximate surface area is 241 Å². The highest BCUT2D eigenvalue weighted by atomic mass is 19.1. The molecule has 12 heteroatoms. The van der Waals surface area contributed by atoms with Crippen molar-refractivity contribution in [3.05, 3.63) is 126 Å². The standard InChI is InChI=1S/C30H30F2N6O4/c1-41-25-8-2-21(3-9-25)4-13-29(39)22-5-10-26(11-6-22)42-16-24(33)15-37(34)17-30(40,18-38-20-35-19-36-38)27-12-7-23(31)14-28(27)32/h2-15,19-20,40H,16-18,33-34H2,1H3/b13-4+,24-15-. The fourth-order valence-electron chi connectivity index (χ4n) is 4.13. The van der Waals surface area contributed by atoms with Crippen LogP contribution in [-0.2, 0) is 12.1 Å². The number of rotatable bonds is 13. The van der Waals surface area contributed by atoms with Gasteiger partial charge >= 0.3 is 0 Å². The Kier molecular flexibility index (Phi) is 9.63. The molecule has 0 aliphatic carbocycles. The van der Waals surface area contributed by atoms with Gasteiger partial charge < -0.3 is 25.3 Å². The molecule has 10 nitrogen and oxygen atoms in total. The number of nitrogens with zero attached hydrogens (tertiary/aromatic N) is 4. The first-order valence-corrected chi connectivity index (χ1v) is 12.7. The Balaban J connectivity index is 1.36. The molecule has 1 heterocycles. The zero-order valence-corrected chi connectivity index (χ0v) is 22.7. The van der Waals surface area contributed by atoms with Gasteiger partial charge in [-0.2, -0.15) is 5.10 Å². The molecular weight excluding hydrogens is 546 g/mol. The lowest BCUT2D eigenvalue weighted by molar-refractivity contribution is -0.0118. The van der Waals surface area contributed by atoms with Crippen molar-refractivity contribution in [1.29, 1.82) is 0 Å². The van der Waals surface area contributed by atoms with E-state index in [1.54, 1.807) is 37.5 Å². The summed E-state index contributed by atoms with van der Waals surface area (Å²) in [6.07, 6.45) is 7.14. The van der Waals surface area contributed by atoms with Crippen LogP contribution < -0.4 is 21.1 Å². The van der Waals surface area contributed by atoms with Gasteiger partial charge in [-0.1, -0.05) is 24.3 Å². The van der Waals surface area contributed by atoms with Crippen LogP contribution in [-0.4, -0.2) is 50.9 Å². The number of hydrogen-bond acceptors (Lipinski definition) is 9. The average Bonchev–Trinajstić information content (AvgIpc) is 3.47. The smallest absolute Gasteiger partial charge is 0.185 e. The quantitative estimate of drug-likeness (QED) is 0.0945. The SMILES string of the molecule is COc1ccc(/C=C/C(=O)c2ccc(OC/C(N)=C/N(N)CC(O)(Cn3cncn3)c3ccc(F)cc3F)cc2)cc1. The van der Waals surface area contributed by atoms with Crippen LogP contribution in [0.3, 0.4) is 0 Å². The molecule has 1 atom stereocenters. The van der Waals surface area contributed by atoms with Gasteiger partial charge in [-0.05, 0) is 54.1 Å². The largest absolute Gasteiger partial charge is 0.497 e. The van der Waals surface area contributed by atoms with Crippen molar-refractivity contribution in [1.82, 2.24) is 19.8 Å². The van der Waals surface area contributed by atoms with E-state index >= 15 is 0 Å². The van der Waals surface area contributed by atoms with Crippen molar-refractivity contribution < 1.29 is 28.2 Å². The molecule has 0 spiro atoms. The van der Waals surface area contributed by atoms with Gasteiger partial charge in [0.15, 0.2) is 5.78 Å². The van der Waals surface area contributed by atoms with Crippen molar-refractivity contribution in [2.24, 2.45) is 11.6 Å². The highest BCUT2D eigenvalue weighted by Gasteiger charge is 2.35. The predicted octanol–water partition coefficient (Wildman–Crippen LogP) is 3.40. The first kappa shape index (κ1) is 29.9. The number of benzene rings is 3. The van der Waals surface area contributed by atoms with E-state index in [0.29, 0.717) is 17.4 Å². The van der Waals surface area contributed by atoms with Gasteiger partial charge in [0.2, 0.25) is 0 Å². The number of hydrazine groups is 1. The van der Waals surface area contributed by atoms with E-state index in [9.17, 15) is 18.7 Å². The average molecular weight is 577 g/mol. The van der Waals surface area contributed by atoms with Gasteiger partial charge in [0.05, 0.1) is 25.9 Å². The third-order valence-corrected chi connectivity index (χ3v) is 6.19. The number of hydrogen-bond donors (Lipinski definition) is 3. The summed E-state index contributed by atoms with van der Waals surface area (Å²) in [5.41, 5.74) is 5.51. The summed E-state index contributed by atoms with van der Waals surface area (Å²) in [5.74, 6) is 5.37. The van der Waals surface area contributed by atoms with Crippen LogP contribution in [0.2, 0.25) is 0 Å². The maximum atomic E-state index is 14.6. The van der Waals surface area contributed by atoms with Crippen molar-refractivity contribution in [2.75, 3.05) is 20.3 Å². The van der Waals surface area contributed by atoms with Crippen LogP contribution in [0.15, 0.2) is 97.4 Å². The Morgan fingerprint density at radius 2 is 1.81 bits per heavy atom. The van der Waals surface area contributed by atoms with E-state index in [0.717, 1.165) is 28.5 Å². The highest BCUT2D eigenvalue weighted by molar-refractivity contribution is 6.06. The molecule has 0 radical (unpaired) electrons. The number of halogens is 2. The van der Waals surface area contributed by atoms with E-state index in [4.69, 9.17) is 21.1 Å². The molecule has 0 saturated heterocycles. The number of aliphatic hydroxyl groups is 1. The molecule has 0 fully saturated rings. The topological polar surface area (TPSA) is 142 Å². The van der Waals surface area contributed by atoms with Crippen molar-refractivity contribution in [2.45, 2.75) is 12.1 Å². The molecule has 0 amide bonds. The van der Waals surface area contributed by atoms with Gasteiger partial charge in [0, 0.05) is 23.4 Å². The zero-order valence-electron chi connectivity index (χ0n) is 22.7. The summed E-state index contributed by atoms with van der Waals surface area (Å²) in [4.78, 5) is 16.3. The summed E-state index contributed by atoms with van der Waals surface area (Å²) < 4.78 is 40.2. The first-order valence-electron chi connectivity index (χ1n) is 12.7. The summed E-state index contributed by atoms with van der Waals surface area (Å²) >= 11 is 0. The number of aromatic nitrogens is 3. The minimum atomic E-state index is -1.91. The molecular formula is C30H30F2N6O4. The Morgan fingerprint density at radius 3 is 2.45 bits per heavy atom. The molecule has 218 valence electrons. The maximum Gasteiger partial charge on any atom is 0.185 e. The number of carbonyl (C=O) groups excluding carboxylic acids is 1. The number of allylic oxidation sites excluding steroid dienone is 1. The Hall–Kier alpha value is -5.07. The summed E-state index contributed by atoms with van der Waals surface area (Å²) in [6, 6.07) is 16.7. The summed E-state index contributed by atoms with van der Waals surface area (Å²) in [7, 11) is 1.59. The number of methoxy groups -OCH3 is 1. The van der Waals surface area contributed by atoms with Crippen molar-refractivity contribution in [3.8, 4) is 11.5 Å². The molecule has 1 aromatic heterocycles. The van der Waals surface area contributed by atoms with Crippen LogP contribution in [0, 0.1) is 11.6 Å². The lowest BCUT2D eigenvalue weighted by Crippen LogP contribution is -2.45. The van der Waals surface area contributed by atoms with Gasteiger partial charge in [-0.3, -0.25) is 4.79 Å². The van der Waals surface area contributed by atoms with Gasteiger partial charge in [-0.15, -0.1) is 0 Å². The molecule has 0 aliphatic heterocycles. The van der Waals surface area contributed by atoms with Crippen LogP contribution in [0.1, 0.15) is 21.5 Å². The molecule has 1 unspecified atom stereocenters. The fraction of sp³-hybridized carbons (Fsp3) is 0.167. The first-order chi connectivity index (χ1) is 20.1. The summed E-state index contributed by atoms with van der Waals surface area (Å²) in [5, 5.41) is 16.4. The maximum absolute atomic E-state index is 14.6. The second-order valence-corrected chi connectivity index (χ2v) is 9.41. The van der Waals surface area contributed by atoms with E-state index < -0.39 is 17.2 Å². The highest BCUT2D eigenvalue weighted by Crippen LogP contribution is 2.27. The molecule has 0 bridgehead atoms. The van der Waals surface area contributed by atoms with Crippen LogP contribution in [0.4, 0.5) is 8.78 Å². The van der Waals surface area contributed by atoms with E-state index in [2.05, 4.69) is 10.1 Å². The third-order valence-electron chi connectivity index (χ3n) is 6.19. The molecule has 0 saturated carbocycles. The van der Waals surface area contributed by atoms with E-state index in [1.807, 2.05) is 24.3 Å². The number of carbonyl (C=O) groups is 1. The monoisotopic (exact) mass is 576 g/mol. The molecule has 3 aromatic carbocycles. The van der Waals surface area contributed by atoms with E-state index in [1.165, 1.54) is 29.6 Å². The second kappa shape index (κ2) is 13.5. The van der Waals surface area contributed by atoms with Gasteiger partial charge in [0.1, 0.15) is 48.0 Å². The second-order valence-electron chi connectivity index (χ2n) is 9.41. The third kappa shape index (κ3) is 7.99. The van der Waals surface area contributed by atoms with Crippen LogP contribution in [0.5, 0.6) is 11.5 Å². The normalized spacial score (nSPS) is 13.1. The molecule has 0 aliphatic rings. The lowest BCUT2D eigenvalue weighted by Gasteiger charge is -2.32. The van der Waals surface area contributed by atoms with Gasteiger partial charge in [0.25, 0.3) is 0 Å². The fourth-order valence-corrected chi connectivity index (χ4v) is 4.13. The lowest BCUT2D eigenvalue weighted by atomic mass is 9.92. The molecule has 5 N–H and O–H groups in total. The van der Waals surface area contributed by atoms with Gasteiger partial charge in [-0.25, -0.2) is 24.3 Å². The molecule has 4 aromatic rings. The van der Waals surface area contributed by atoms with E-state index in [-0.39, 0.29) is 36.7 Å². The summed E-state index contributed by atoms with van der Waals surface area (Å²) in [6.45, 7) is -0.602. The van der Waals surface area contributed by atoms with Crippen molar-refractivity contribution in [3.63, 3.8) is 0 Å². The predicted molar refractivity (Wildman–Crippen MR) is 152 cm³/mol.